The number of fused-ring (bicyclic) bond motifs is 4. The van der Waals surface area contributed by atoms with Crippen LogP contribution in [0.4, 0.5) is 5.69 Å². The van der Waals surface area contributed by atoms with E-state index >= 15 is 0 Å². The van der Waals surface area contributed by atoms with Gasteiger partial charge in [0.2, 0.25) is 5.91 Å². The maximum atomic E-state index is 13.6. The van der Waals surface area contributed by atoms with Gasteiger partial charge in [-0.05, 0) is 47.7 Å². The van der Waals surface area contributed by atoms with E-state index in [-0.39, 0.29) is 51.3 Å². The van der Waals surface area contributed by atoms with Crippen LogP contribution in [0.3, 0.4) is 0 Å². The van der Waals surface area contributed by atoms with Gasteiger partial charge in [0.15, 0.2) is 37.7 Å². The molecule has 0 aromatic heterocycles. The number of ether oxygens (including phenoxy) is 15. The second-order valence-electron chi connectivity index (χ2n) is 28.2. The SMILES string of the molecule is C=C/C=C1/N(CCC(=O)NCCCO[C@H]2[C@H]3CCCO[C@H]4[C@H](O)[C@@H](O)C(O[C@H]5[C@H](O)[C@@H](O)C(O[C@H]6[C@H](O)[C@@H](O)C(O[C@H]7[C@H](O)[C@@H](O)C(O[C@H]8[C@H](O)[C@@H](O)C(O[C@H]9[C@H](O)[C@@H](O)C(OC([C@@H](CO)O3)[C@@H]2O)O[C@@H]9CO)O[C@@H]8CO)O[C@@H]7CO)O[C@@H]6CO)O[C@@H]5CO)O[C@@H]4CO)c2ccc3ccccc3c2C1(C)C. The van der Waals surface area contributed by atoms with Gasteiger partial charge in [0.1, 0.15) is 171 Å². The Morgan fingerprint density at radius 2 is 0.858 bits per heavy atom. The van der Waals surface area contributed by atoms with Gasteiger partial charge >= 0.3 is 0 Å². The molecule has 2 aromatic rings. The molecule has 38 nitrogen and oxygen atoms in total. The molecule has 14 bridgehead atoms. The van der Waals surface area contributed by atoms with E-state index in [0.29, 0.717) is 6.54 Å². The van der Waals surface area contributed by atoms with Crippen molar-refractivity contribution in [1.29, 1.82) is 0 Å². The lowest BCUT2D eigenvalue weighted by Crippen LogP contribution is -2.68. The van der Waals surface area contributed by atoms with Crippen LogP contribution in [-0.2, 0) is 81.3 Å². The van der Waals surface area contributed by atoms with Crippen molar-refractivity contribution in [1.82, 2.24) is 5.32 Å². The third kappa shape index (κ3) is 16.9. The average Bonchev–Trinajstić information content (AvgIpc) is 1.60. The molecule has 23 heterocycles. The van der Waals surface area contributed by atoms with Crippen LogP contribution in [-0.4, -0.2) is 395 Å². The zero-order valence-electron chi connectivity index (χ0n) is 58.1. The van der Waals surface area contributed by atoms with Crippen molar-refractivity contribution in [2.24, 2.45) is 0 Å². The molecule has 106 heavy (non-hydrogen) atoms. The molecule has 38 heteroatoms. The number of nitrogens with one attached hydrogen (secondary N) is 1. The minimum absolute atomic E-state index is 0.0126. The molecule has 0 radical (unpaired) electrons. The summed E-state index contributed by atoms with van der Waals surface area (Å²) in [6.45, 7) is 1.21. The Labute approximate surface area is 607 Å². The van der Waals surface area contributed by atoms with Crippen molar-refractivity contribution in [3.05, 3.63) is 66.4 Å². The van der Waals surface area contributed by atoms with Gasteiger partial charge in [0.25, 0.3) is 0 Å². The number of allylic oxidation sites excluding steroid dienone is 3. The number of aliphatic hydroxyl groups is 20. The second-order valence-corrected chi connectivity index (χ2v) is 28.2. The van der Waals surface area contributed by atoms with E-state index in [0.717, 1.165) is 27.7 Å². The van der Waals surface area contributed by atoms with Crippen molar-refractivity contribution >= 4 is 22.4 Å². The summed E-state index contributed by atoms with van der Waals surface area (Å²) in [6, 6.07) is 12.1. The molecule has 21 N–H and O–H groups in total. The highest BCUT2D eigenvalue weighted by atomic mass is 16.8. The minimum Gasteiger partial charge on any atom is -0.394 e. The van der Waals surface area contributed by atoms with E-state index in [1.54, 1.807) is 6.08 Å². The number of benzene rings is 2. The summed E-state index contributed by atoms with van der Waals surface area (Å²) < 4.78 is 88.7. The Bertz CT molecular complexity index is 3170. The zero-order chi connectivity index (χ0) is 76.3. The van der Waals surface area contributed by atoms with Gasteiger partial charge in [-0.15, -0.1) is 0 Å². The van der Waals surface area contributed by atoms with Crippen molar-refractivity contribution in [3.8, 4) is 0 Å². The van der Waals surface area contributed by atoms with Gasteiger partial charge in [0.05, 0.1) is 52.4 Å². The molecule has 0 aliphatic carbocycles. The van der Waals surface area contributed by atoms with Crippen LogP contribution >= 0.6 is 0 Å². The molecule has 22 saturated heterocycles. The normalized spacial score (nSPS) is 45.2. The summed E-state index contributed by atoms with van der Waals surface area (Å²) in [7, 11) is 0. The first-order chi connectivity index (χ1) is 50.8. The molecule has 7 unspecified atom stereocenters. The highest BCUT2D eigenvalue weighted by Gasteiger charge is 2.59. The van der Waals surface area contributed by atoms with Crippen LogP contribution < -0.4 is 10.2 Å². The van der Waals surface area contributed by atoms with Crippen molar-refractivity contribution in [2.75, 3.05) is 77.5 Å². The topological polar surface area (TPSA) is 575 Å². The van der Waals surface area contributed by atoms with E-state index in [2.05, 4.69) is 36.7 Å². The summed E-state index contributed by atoms with van der Waals surface area (Å²) in [4.78, 5) is 15.7. The Kier molecular flexibility index (Phi) is 28.4. The number of hydrogen-bond acceptors (Lipinski definition) is 37. The molecule has 22 fully saturated rings. The summed E-state index contributed by atoms with van der Waals surface area (Å²) in [5, 5.41) is 230. The fraction of sp³-hybridized carbons (Fsp3) is 0.779. The van der Waals surface area contributed by atoms with Crippen LogP contribution in [0.1, 0.15) is 45.1 Å². The molecule has 23 aliphatic heterocycles. The van der Waals surface area contributed by atoms with Gasteiger partial charge in [-0.25, -0.2) is 0 Å². The van der Waals surface area contributed by atoms with Crippen molar-refractivity contribution in [3.63, 3.8) is 0 Å². The standard InChI is InChI=1S/C68H102N2O36/c1-4-9-38-68(2,3)40-28-11-6-5-10-27(28)13-14-29(40)70(38)17-15-39(78)69-16-8-19-93-54-30-12-7-18-92-55-31(20-71)95-62(47(85)41(55)79)101-56-33(22-73)96-63(48(86)42(56)80)102-57-34(23-74)97-64(49(87)43(57)81)103-58-35(24-75)98-65(50(88)44(58)82)104-59-36(25-76)99-66(51(89)45(59)83)105-60-37(26-77)100-67(52(90)46(60)84)106-61(53(54)91)32(21-72)94-30/h4-6,9-11,13-14,30-37,41-67,71-77,79-91H,1,7-8,12,15-26H2,2-3H3,(H,69,78)/b38-9+/t30-,31-,32-,33-,34-,35-,36-,37-,41-,42-,43-,44-,45-,46-,47-,48-,49-,50-,51-,52-,53-,54+,55-,56-,57-,58-,59-,60-,61?,62?,63?,64?,65?,66?,67?/m1/s1. The first-order valence-corrected chi connectivity index (χ1v) is 35.5. The summed E-state index contributed by atoms with van der Waals surface area (Å²) in [5.41, 5.74) is 2.61. The largest absolute Gasteiger partial charge is 0.394 e. The third-order valence-corrected chi connectivity index (χ3v) is 21.1. The molecule has 35 atom stereocenters. The molecule has 600 valence electrons. The number of nitrogens with zero attached hydrogens (tertiary/aromatic N) is 1. The Hall–Kier alpha value is -3.95. The molecule has 1 amide bonds. The van der Waals surface area contributed by atoms with Gasteiger partial charge < -0.3 is 183 Å². The molecule has 23 aliphatic rings. The Morgan fingerprint density at radius 1 is 0.491 bits per heavy atom. The fourth-order valence-corrected chi connectivity index (χ4v) is 15.4. The van der Waals surface area contributed by atoms with Crippen LogP contribution in [0, 0.1) is 0 Å². The quantitative estimate of drug-likeness (QED) is 0.0694. The third-order valence-electron chi connectivity index (χ3n) is 21.1. The Morgan fingerprint density at radius 3 is 1.25 bits per heavy atom. The lowest BCUT2D eigenvalue weighted by molar-refractivity contribution is -0.397. The van der Waals surface area contributed by atoms with Gasteiger partial charge in [0, 0.05) is 49.5 Å². The summed E-state index contributed by atoms with van der Waals surface area (Å²) in [5.74, 6) is -0.285. The second kappa shape index (κ2) is 36.2. The number of aliphatic hydroxyl groups excluding tert-OH is 20. The highest BCUT2D eigenvalue weighted by molar-refractivity contribution is 5.95. The Balaban J connectivity index is 0.813. The predicted octanol–water partition coefficient (Wildman–Crippen LogP) is -9.47. The van der Waals surface area contributed by atoms with Crippen LogP contribution in [0.25, 0.3) is 10.8 Å². The molecular formula is C68H102N2O36. The van der Waals surface area contributed by atoms with E-state index in [4.69, 9.17) is 71.1 Å². The molecular weight excluding hydrogens is 1420 g/mol. The predicted molar refractivity (Wildman–Crippen MR) is 351 cm³/mol. The highest BCUT2D eigenvalue weighted by Crippen LogP contribution is 2.51. The van der Waals surface area contributed by atoms with E-state index in [1.165, 1.54) is 0 Å². The lowest BCUT2D eigenvalue weighted by Gasteiger charge is -2.50. The van der Waals surface area contributed by atoms with Gasteiger partial charge in [-0.3, -0.25) is 4.79 Å². The monoisotopic (exact) mass is 1520 g/mol. The van der Waals surface area contributed by atoms with Crippen LogP contribution in [0.15, 0.2) is 60.8 Å². The number of amides is 1. The first kappa shape index (κ1) is 83.0. The molecule has 2 aromatic carbocycles. The smallest absolute Gasteiger partial charge is 0.221 e. The number of carbonyl (C=O) groups excluding carboxylic acids is 1. The molecule has 0 spiro atoms. The molecule has 25 rings (SSSR count). The lowest BCUT2D eigenvalue weighted by atomic mass is 9.81. The van der Waals surface area contributed by atoms with Crippen molar-refractivity contribution in [2.45, 2.75) is 260 Å². The van der Waals surface area contributed by atoms with E-state index < -0.39 is 266 Å². The first-order valence-electron chi connectivity index (χ1n) is 35.5. The van der Waals surface area contributed by atoms with Crippen LogP contribution in [0.5, 0.6) is 0 Å². The van der Waals surface area contributed by atoms with Crippen molar-refractivity contribution < 1.29 is 178 Å². The van der Waals surface area contributed by atoms with E-state index in [1.807, 2.05) is 36.4 Å². The zero-order valence-corrected chi connectivity index (χ0v) is 58.1. The number of anilines is 1. The van der Waals surface area contributed by atoms with Gasteiger partial charge in [-0.1, -0.05) is 56.8 Å². The number of carbonyl (C=O) groups is 1. The summed E-state index contributed by atoms with van der Waals surface area (Å²) in [6.07, 6.45) is -62.6. The average molecular weight is 1520 g/mol. The fourth-order valence-electron chi connectivity index (χ4n) is 15.4. The molecule has 0 saturated carbocycles. The number of rotatable bonds is 16. The number of hydrogen-bond donors (Lipinski definition) is 21. The maximum Gasteiger partial charge on any atom is 0.221 e. The summed E-state index contributed by atoms with van der Waals surface area (Å²) >= 11 is 0. The minimum atomic E-state index is -2.23. The maximum absolute atomic E-state index is 13.6. The van der Waals surface area contributed by atoms with Crippen LogP contribution in [0.2, 0.25) is 0 Å². The van der Waals surface area contributed by atoms with E-state index in [9.17, 15) is 107 Å². The van der Waals surface area contributed by atoms with Gasteiger partial charge in [-0.2, -0.15) is 0 Å².